The number of likely N-dealkylation sites (tertiary alicyclic amines) is 2. The van der Waals surface area contributed by atoms with Crippen LogP contribution in [-0.4, -0.2) is 53.3 Å². The molecule has 0 aromatic heterocycles. The van der Waals surface area contributed by atoms with Crippen LogP contribution in [-0.2, 0) is 9.59 Å². The average molecular weight is 329 g/mol. The van der Waals surface area contributed by atoms with Crippen molar-refractivity contribution in [2.24, 2.45) is 0 Å². The van der Waals surface area contributed by atoms with Gasteiger partial charge < -0.3 is 10.2 Å². The van der Waals surface area contributed by atoms with Gasteiger partial charge in [0.2, 0.25) is 11.8 Å². The van der Waals surface area contributed by atoms with E-state index in [0.717, 1.165) is 32.4 Å². The molecule has 5 heteroatoms. The number of hydrogen-bond acceptors (Lipinski definition) is 3. The lowest BCUT2D eigenvalue weighted by Gasteiger charge is -2.26. The van der Waals surface area contributed by atoms with Gasteiger partial charge in [-0.1, -0.05) is 30.3 Å². The summed E-state index contributed by atoms with van der Waals surface area (Å²) in [5.74, 6) is 0.0142. The molecular formula is C19H27N3O2. The summed E-state index contributed by atoms with van der Waals surface area (Å²) in [6.45, 7) is 6.32. The first kappa shape index (κ1) is 17.0. The Labute approximate surface area is 144 Å². The van der Waals surface area contributed by atoms with Gasteiger partial charge in [-0.2, -0.15) is 0 Å². The number of amides is 2. The molecule has 1 N–H and O–H groups in total. The number of nitrogens with zero attached hydrogens (tertiary/aromatic N) is 2. The molecule has 1 aromatic carbocycles. The highest BCUT2D eigenvalue weighted by Gasteiger charge is 2.35. The van der Waals surface area contributed by atoms with E-state index in [9.17, 15) is 9.59 Å². The molecule has 5 nitrogen and oxygen atoms in total. The maximum atomic E-state index is 12.5. The third kappa shape index (κ3) is 3.61. The van der Waals surface area contributed by atoms with Crippen molar-refractivity contribution in [3.63, 3.8) is 0 Å². The van der Waals surface area contributed by atoms with Crippen LogP contribution in [0.3, 0.4) is 0 Å². The van der Waals surface area contributed by atoms with Gasteiger partial charge in [-0.25, -0.2) is 0 Å². The van der Waals surface area contributed by atoms with E-state index in [0.29, 0.717) is 12.6 Å². The third-order valence-corrected chi connectivity index (χ3v) is 5.36. The topological polar surface area (TPSA) is 52.7 Å². The average Bonchev–Trinajstić information content (AvgIpc) is 3.24. The van der Waals surface area contributed by atoms with E-state index in [2.05, 4.69) is 41.4 Å². The predicted octanol–water partition coefficient (Wildman–Crippen LogP) is 1.95. The molecule has 0 spiro atoms. The summed E-state index contributed by atoms with van der Waals surface area (Å²) in [6.07, 6.45) is 2.66. The lowest BCUT2D eigenvalue weighted by atomic mass is 10.1. The maximum Gasteiger partial charge on any atom is 0.243 e. The van der Waals surface area contributed by atoms with Gasteiger partial charge in [-0.05, 0) is 31.7 Å². The van der Waals surface area contributed by atoms with E-state index in [1.807, 2.05) is 6.07 Å². The Morgan fingerprint density at radius 2 is 1.92 bits per heavy atom. The van der Waals surface area contributed by atoms with Gasteiger partial charge in [0, 0.05) is 38.6 Å². The number of nitrogens with one attached hydrogen (secondary N) is 1. The molecule has 1 aromatic rings. The highest BCUT2D eigenvalue weighted by atomic mass is 16.2. The minimum Gasteiger partial charge on any atom is -0.350 e. The molecule has 2 aliphatic rings. The predicted molar refractivity (Wildman–Crippen MR) is 93.4 cm³/mol. The maximum absolute atomic E-state index is 12.5. The summed E-state index contributed by atoms with van der Waals surface area (Å²) in [5.41, 5.74) is 1.31. The summed E-state index contributed by atoms with van der Waals surface area (Å²) in [7, 11) is 0. The van der Waals surface area contributed by atoms with E-state index in [-0.39, 0.29) is 23.9 Å². The fourth-order valence-corrected chi connectivity index (χ4v) is 3.91. The van der Waals surface area contributed by atoms with E-state index < -0.39 is 0 Å². The van der Waals surface area contributed by atoms with E-state index >= 15 is 0 Å². The number of benzene rings is 1. The molecule has 2 heterocycles. The van der Waals surface area contributed by atoms with E-state index in [4.69, 9.17) is 0 Å². The molecule has 0 radical (unpaired) electrons. The smallest absolute Gasteiger partial charge is 0.243 e. The third-order valence-electron chi connectivity index (χ3n) is 5.36. The van der Waals surface area contributed by atoms with Crippen molar-refractivity contribution in [2.45, 2.75) is 51.2 Å². The highest BCUT2D eigenvalue weighted by molar-refractivity contribution is 5.87. The van der Waals surface area contributed by atoms with Gasteiger partial charge in [0.1, 0.15) is 6.04 Å². The second kappa shape index (κ2) is 7.34. The van der Waals surface area contributed by atoms with Gasteiger partial charge in [0.25, 0.3) is 0 Å². The molecular weight excluding hydrogens is 302 g/mol. The molecule has 3 atom stereocenters. The summed E-state index contributed by atoms with van der Waals surface area (Å²) < 4.78 is 0. The normalized spacial score (nSPS) is 25.7. The van der Waals surface area contributed by atoms with Crippen molar-refractivity contribution in [3.05, 3.63) is 35.9 Å². The Bertz CT molecular complexity index is 590. The fraction of sp³-hybridized carbons (Fsp3) is 0.579. The molecule has 2 amide bonds. The first-order chi connectivity index (χ1) is 11.6. The summed E-state index contributed by atoms with van der Waals surface area (Å²) in [4.78, 5) is 28.3. The standard InChI is InChI=1S/C19H27N3O2/c1-14(16-7-4-3-5-8-16)21-12-10-17(13-21)20-19(24)18-9-6-11-22(18)15(2)23/h3-5,7-8,14,17-18H,6,9-13H2,1-2H3,(H,20,24)/t14-,17+,18-/m1/s1. The largest absolute Gasteiger partial charge is 0.350 e. The molecule has 2 fully saturated rings. The fourth-order valence-electron chi connectivity index (χ4n) is 3.91. The SMILES string of the molecule is CC(=O)N1CCC[C@@H]1C(=O)N[C@H]1CCN([C@H](C)c2ccccc2)C1. The number of carbonyl (C=O) groups is 2. The second-order valence-corrected chi connectivity index (χ2v) is 6.95. The minimum absolute atomic E-state index is 0.00148. The Morgan fingerprint density at radius 1 is 1.17 bits per heavy atom. The monoisotopic (exact) mass is 329 g/mol. The zero-order valence-electron chi connectivity index (χ0n) is 14.6. The second-order valence-electron chi connectivity index (χ2n) is 6.95. The van der Waals surface area contributed by atoms with Crippen LogP contribution in [0, 0.1) is 0 Å². The van der Waals surface area contributed by atoms with E-state index in [1.165, 1.54) is 5.56 Å². The number of hydrogen-bond donors (Lipinski definition) is 1. The summed E-state index contributed by atoms with van der Waals surface area (Å²) in [6, 6.07) is 10.7. The Morgan fingerprint density at radius 3 is 2.62 bits per heavy atom. The molecule has 2 saturated heterocycles. The Hall–Kier alpha value is -1.88. The number of carbonyl (C=O) groups excluding carboxylic acids is 2. The molecule has 0 unspecified atom stereocenters. The van der Waals surface area contributed by atoms with Crippen LogP contribution in [0.4, 0.5) is 0 Å². The van der Waals surface area contributed by atoms with E-state index in [1.54, 1.807) is 11.8 Å². The molecule has 0 aliphatic carbocycles. The Kier molecular flexibility index (Phi) is 5.19. The molecule has 0 bridgehead atoms. The number of rotatable bonds is 4. The van der Waals surface area contributed by atoms with Gasteiger partial charge in [-0.3, -0.25) is 14.5 Å². The zero-order valence-corrected chi connectivity index (χ0v) is 14.6. The molecule has 24 heavy (non-hydrogen) atoms. The Balaban J connectivity index is 1.54. The zero-order chi connectivity index (χ0) is 17.1. The van der Waals surface area contributed by atoms with Crippen molar-refractivity contribution >= 4 is 11.8 Å². The van der Waals surface area contributed by atoms with Crippen molar-refractivity contribution in [3.8, 4) is 0 Å². The molecule has 0 saturated carbocycles. The van der Waals surface area contributed by atoms with Crippen LogP contribution < -0.4 is 5.32 Å². The summed E-state index contributed by atoms with van der Waals surface area (Å²) >= 11 is 0. The van der Waals surface area contributed by atoms with Gasteiger partial charge in [0.15, 0.2) is 0 Å². The van der Waals surface area contributed by atoms with Crippen molar-refractivity contribution in [1.29, 1.82) is 0 Å². The quantitative estimate of drug-likeness (QED) is 0.918. The van der Waals surface area contributed by atoms with Crippen LogP contribution >= 0.6 is 0 Å². The first-order valence-corrected chi connectivity index (χ1v) is 8.93. The van der Waals surface area contributed by atoms with Crippen molar-refractivity contribution < 1.29 is 9.59 Å². The molecule has 2 aliphatic heterocycles. The van der Waals surface area contributed by atoms with Crippen LogP contribution in [0.1, 0.15) is 44.7 Å². The van der Waals surface area contributed by atoms with Crippen molar-refractivity contribution in [2.75, 3.05) is 19.6 Å². The van der Waals surface area contributed by atoms with Crippen LogP contribution in [0.15, 0.2) is 30.3 Å². The van der Waals surface area contributed by atoms with Gasteiger partial charge in [0.05, 0.1) is 0 Å². The summed E-state index contributed by atoms with van der Waals surface area (Å²) in [5, 5.41) is 3.17. The lowest BCUT2D eigenvalue weighted by Crippen LogP contribution is -2.49. The van der Waals surface area contributed by atoms with Crippen molar-refractivity contribution in [1.82, 2.24) is 15.1 Å². The van der Waals surface area contributed by atoms with Crippen LogP contribution in [0.5, 0.6) is 0 Å². The highest BCUT2D eigenvalue weighted by Crippen LogP contribution is 2.25. The van der Waals surface area contributed by atoms with Crippen LogP contribution in [0.25, 0.3) is 0 Å². The minimum atomic E-state index is -0.275. The lowest BCUT2D eigenvalue weighted by molar-refractivity contribution is -0.137. The first-order valence-electron chi connectivity index (χ1n) is 8.93. The van der Waals surface area contributed by atoms with Gasteiger partial charge in [-0.15, -0.1) is 0 Å². The molecule has 130 valence electrons. The van der Waals surface area contributed by atoms with Gasteiger partial charge >= 0.3 is 0 Å². The van der Waals surface area contributed by atoms with Crippen LogP contribution in [0.2, 0.25) is 0 Å². The molecule has 3 rings (SSSR count).